The van der Waals surface area contributed by atoms with Crippen LogP contribution in [0, 0.1) is 13.8 Å². The van der Waals surface area contributed by atoms with Gasteiger partial charge in [0.2, 0.25) is 0 Å². The fraction of sp³-hybridized carbons (Fsp3) is 0.318. The van der Waals surface area contributed by atoms with Crippen LogP contribution < -0.4 is 11.2 Å². The highest BCUT2D eigenvalue weighted by Crippen LogP contribution is 2.23. The van der Waals surface area contributed by atoms with Crippen molar-refractivity contribution >= 4 is 22.5 Å². The van der Waals surface area contributed by atoms with Crippen LogP contribution in [0.5, 0.6) is 0 Å². The number of aryl methyl sites for hydroxylation is 2. The van der Waals surface area contributed by atoms with Gasteiger partial charge in [0.05, 0.1) is 11.2 Å². The van der Waals surface area contributed by atoms with Gasteiger partial charge in [-0.2, -0.15) is 5.10 Å². The van der Waals surface area contributed by atoms with Crippen LogP contribution >= 0.6 is 0 Å². The van der Waals surface area contributed by atoms with Crippen LogP contribution in [0.15, 0.2) is 39.9 Å². The standard InChI is InChI=1S/C22H23N5O4/c1-13-16(14(2)27-21(23-13)17-7-5-6-8-18(17)24-27)9-10-20(29)31-12-15-11-19(28)26(4)22(30)25(15)3/h5-8,11H,9-10,12H2,1-4H3. The summed E-state index contributed by atoms with van der Waals surface area (Å²) in [4.78, 5) is 40.8. The second-order valence-corrected chi connectivity index (χ2v) is 7.55. The molecule has 3 aromatic heterocycles. The molecule has 0 saturated heterocycles. The number of ether oxygens (including phenoxy) is 1. The van der Waals surface area contributed by atoms with Crippen molar-refractivity contribution in [3.8, 4) is 0 Å². The van der Waals surface area contributed by atoms with Gasteiger partial charge in [-0.25, -0.2) is 14.3 Å². The van der Waals surface area contributed by atoms with E-state index in [9.17, 15) is 14.4 Å². The van der Waals surface area contributed by atoms with Crippen LogP contribution in [0.1, 0.15) is 29.1 Å². The van der Waals surface area contributed by atoms with Crippen molar-refractivity contribution in [3.05, 3.63) is 73.8 Å². The highest BCUT2D eigenvalue weighted by atomic mass is 16.5. The SMILES string of the molecule is Cc1nc2c3ccccc3nn2c(C)c1CCC(=O)OCc1cc(=O)n(C)c(=O)n1C. The zero-order valence-electron chi connectivity index (χ0n) is 17.9. The van der Waals surface area contributed by atoms with Crippen LogP contribution in [0.2, 0.25) is 0 Å². The largest absolute Gasteiger partial charge is 0.459 e. The number of rotatable bonds is 5. The third kappa shape index (κ3) is 3.63. The van der Waals surface area contributed by atoms with Crippen LogP contribution in [0.25, 0.3) is 16.6 Å². The van der Waals surface area contributed by atoms with Gasteiger partial charge in [-0.15, -0.1) is 0 Å². The Morgan fingerprint density at radius 1 is 1.10 bits per heavy atom. The summed E-state index contributed by atoms with van der Waals surface area (Å²) in [6.45, 7) is 3.75. The normalized spacial score (nSPS) is 11.4. The molecule has 3 heterocycles. The van der Waals surface area contributed by atoms with Crippen molar-refractivity contribution in [2.45, 2.75) is 33.3 Å². The van der Waals surface area contributed by atoms with Gasteiger partial charge in [-0.05, 0) is 38.0 Å². The Labute approximate surface area is 177 Å². The summed E-state index contributed by atoms with van der Waals surface area (Å²) < 4.78 is 9.41. The highest BCUT2D eigenvalue weighted by Gasteiger charge is 2.16. The van der Waals surface area contributed by atoms with Crippen molar-refractivity contribution in [2.24, 2.45) is 14.1 Å². The molecule has 0 unspecified atom stereocenters. The number of hydrogen-bond acceptors (Lipinski definition) is 6. The highest BCUT2D eigenvalue weighted by molar-refractivity contribution is 5.92. The maximum Gasteiger partial charge on any atom is 0.330 e. The van der Waals surface area contributed by atoms with Crippen LogP contribution in [0.4, 0.5) is 0 Å². The van der Waals surface area contributed by atoms with Crippen molar-refractivity contribution in [2.75, 3.05) is 0 Å². The molecular weight excluding hydrogens is 398 g/mol. The smallest absolute Gasteiger partial charge is 0.330 e. The summed E-state index contributed by atoms with van der Waals surface area (Å²) in [5.74, 6) is -0.419. The Morgan fingerprint density at radius 2 is 1.84 bits per heavy atom. The average Bonchev–Trinajstić information content (AvgIpc) is 3.12. The summed E-state index contributed by atoms with van der Waals surface area (Å²) in [6.07, 6.45) is 0.597. The topological polar surface area (TPSA) is 100 Å². The van der Waals surface area contributed by atoms with Gasteiger partial charge in [0.1, 0.15) is 6.61 Å². The lowest BCUT2D eigenvalue weighted by Crippen LogP contribution is -2.38. The lowest BCUT2D eigenvalue weighted by molar-refractivity contribution is -0.145. The number of nitrogens with zero attached hydrogens (tertiary/aromatic N) is 5. The molecule has 31 heavy (non-hydrogen) atoms. The third-order valence-electron chi connectivity index (χ3n) is 5.60. The van der Waals surface area contributed by atoms with Crippen LogP contribution in [-0.4, -0.2) is 29.7 Å². The number of benzene rings is 1. The summed E-state index contributed by atoms with van der Waals surface area (Å²) in [5, 5.41) is 5.61. The Kier molecular flexibility index (Phi) is 5.18. The van der Waals surface area contributed by atoms with Gasteiger partial charge in [-0.3, -0.25) is 18.7 Å². The molecule has 0 amide bonds. The minimum atomic E-state index is -0.462. The quantitative estimate of drug-likeness (QED) is 0.454. The van der Waals surface area contributed by atoms with Gasteiger partial charge in [0, 0.05) is 43.4 Å². The molecule has 0 atom stereocenters. The van der Waals surface area contributed by atoms with E-state index in [-0.39, 0.29) is 13.0 Å². The van der Waals surface area contributed by atoms with Crippen molar-refractivity contribution in [1.29, 1.82) is 0 Å². The maximum atomic E-state index is 12.3. The van der Waals surface area contributed by atoms with Crippen molar-refractivity contribution < 1.29 is 9.53 Å². The van der Waals surface area contributed by atoms with Crippen molar-refractivity contribution in [1.82, 2.24) is 23.7 Å². The lowest BCUT2D eigenvalue weighted by Gasteiger charge is -2.12. The minimum Gasteiger partial charge on any atom is -0.459 e. The number of fused-ring (bicyclic) bond motifs is 3. The van der Waals surface area contributed by atoms with Gasteiger partial charge < -0.3 is 4.74 Å². The molecule has 1 aromatic carbocycles. The number of carbonyl (C=O) groups excluding carboxylic acids is 1. The summed E-state index contributed by atoms with van der Waals surface area (Å²) in [6, 6.07) is 9.12. The first-order valence-electron chi connectivity index (χ1n) is 9.93. The Bertz CT molecular complexity index is 1440. The van der Waals surface area contributed by atoms with E-state index >= 15 is 0 Å². The molecule has 0 aliphatic heterocycles. The van der Waals surface area contributed by atoms with Gasteiger partial charge >= 0.3 is 11.7 Å². The van der Waals surface area contributed by atoms with Crippen LogP contribution in [0.3, 0.4) is 0 Å². The molecular formula is C22H23N5O4. The van der Waals surface area contributed by atoms with E-state index in [0.29, 0.717) is 12.1 Å². The summed E-state index contributed by atoms with van der Waals surface area (Å²) in [5.41, 5.74) is 3.83. The lowest BCUT2D eigenvalue weighted by atomic mass is 10.1. The predicted molar refractivity (Wildman–Crippen MR) is 115 cm³/mol. The summed E-state index contributed by atoms with van der Waals surface area (Å²) >= 11 is 0. The zero-order valence-corrected chi connectivity index (χ0v) is 17.9. The maximum absolute atomic E-state index is 12.3. The zero-order chi connectivity index (χ0) is 22.3. The molecule has 4 rings (SSSR count). The van der Waals surface area contributed by atoms with Gasteiger partial charge in [-0.1, -0.05) is 12.1 Å². The molecule has 0 radical (unpaired) electrons. The second-order valence-electron chi connectivity index (χ2n) is 7.55. The third-order valence-corrected chi connectivity index (χ3v) is 5.60. The first kappa shape index (κ1) is 20.5. The van der Waals surface area contributed by atoms with Gasteiger partial charge in [0.25, 0.3) is 5.56 Å². The van der Waals surface area contributed by atoms with E-state index in [4.69, 9.17) is 9.72 Å². The number of aromatic nitrogens is 5. The molecule has 160 valence electrons. The minimum absolute atomic E-state index is 0.138. The first-order valence-corrected chi connectivity index (χ1v) is 9.93. The molecule has 0 bridgehead atoms. The van der Waals surface area contributed by atoms with E-state index < -0.39 is 17.2 Å². The second kappa shape index (κ2) is 7.82. The van der Waals surface area contributed by atoms with E-state index in [1.54, 1.807) is 0 Å². The fourth-order valence-electron chi connectivity index (χ4n) is 3.71. The monoisotopic (exact) mass is 421 g/mol. The molecule has 0 saturated carbocycles. The average molecular weight is 421 g/mol. The number of hydrogen-bond donors (Lipinski definition) is 0. The molecule has 9 heteroatoms. The fourth-order valence-corrected chi connectivity index (χ4v) is 3.71. The molecule has 0 aliphatic carbocycles. The molecule has 0 N–H and O–H groups in total. The van der Waals surface area contributed by atoms with E-state index in [1.807, 2.05) is 42.6 Å². The van der Waals surface area contributed by atoms with Crippen LogP contribution in [-0.2, 0) is 36.7 Å². The molecule has 4 aromatic rings. The Balaban J connectivity index is 1.50. The van der Waals surface area contributed by atoms with E-state index in [1.165, 1.54) is 24.7 Å². The number of esters is 1. The Morgan fingerprint density at radius 3 is 2.61 bits per heavy atom. The predicted octanol–water partition coefficient (Wildman–Crippen LogP) is 1.57. The summed E-state index contributed by atoms with van der Waals surface area (Å²) in [7, 11) is 2.94. The molecule has 0 fully saturated rings. The van der Waals surface area contributed by atoms with E-state index in [2.05, 4.69) is 5.10 Å². The Hall–Kier alpha value is -3.75. The number of carbonyl (C=O) groups is 1. The molecule has 0 aliphatic rings. The molecule has 9 nitrogen and oxygen atoms in total. The molecule has 0 spiro atoms. The van der Waals surface area contributed by atoms with Gasteiger partial charge in [0.15, 0.2) is 5.65 Å². The van der Waals surface area contributed by atoms with Crippen molar-refractivity contribution in [3.63, 3.8) is 0 Å². The van der Waals surface area contributed by atoms with E-state index in [0.717, 1.165) is 38.1 Å². The first-order chi connectivity index (χ1) is 14.8.